The van der Waals surface area contributed by atoms with Gasteiger partial charge in [0.15, 0.2) is 0 Å². The maximum atomic E-state index is 12.3. The van der Waals surface area contributed by atoms with Crippen LogP contribution in [-0.4, -0.2) is 32.0 Å². The van der Waals surface area contributed by atoms with E-state index in [-0.39, 0.29) is 17.1 Å². The largest absolute Gasteiger partial charge is 0.351 e. The van der Waals surface area contributed by atoms with Crippen molar-refractivity contribution in [3.8, 4) is 0 Å². The van der Waals surface area contributed by atoms with E-state index in [9.17, 15) is 9.59 Å². The van der Waals surface area contributed by atoms with E-state index in [1.54, 1.807) is 16.8 Å². The third-order valence-corrected chi connectivity index (χ3v) is 4.90. The minimum Gasteiger partial charge on any atom is -0.351 e. The Hall–Kier alpha value is -2.48. The highest BCUT2D eigenvalue weighted by Gasteiger charge is 2.13. The second-order valence-electron chi connectivity index (χ2n) is 5.55. The van der Waals surface area contributed by atoms with Gasteiger partial charge in [-0.05, 0) is 25.0 Å². The van der Waals surface area contributed by atoms with E-state index >= 15 is 0 Å². The van der Waals surface area contributed by atoms with Crippen molar-refractivity contribution in [1.29, 1.82) is 0 Å². The van der Waals surface area contributed by atoms with E-state index in [0.29, 0.717) is 18.8 Å². The highest BCUT2D eigenvalue weighted by Crippen LogP contribution is 2.22. The van der Waals surface area contributed by atoms with Gasteiger partial charge in [0, 0.05) is 30.2 Å². The van der Waals surface area contributed by atoms with E-state index < -0.39 is 0 Å². The number of aryl methyl sites for hydroxylation is 2. The van der Waals surface area contributed by atoms with Gasteiger partial charge in [0.05, 0.1) is 4.88 Å². The van der Waals surface area contributed by atoms with Gasteiger partial charge in [-0.25, -0.2) is 0 Å². The number of carbonyl (C=O) groups excluding carboxylic acids is 1. The summed E-state index contributed by atoms with van der Waals surface area (Å²) in [5.74, 6) is 0.572. The van der Waals surface area contributed by atoms with Crippen LogP contribution in [0.4, 0.5) is 0 Å². The van der Waals surface area contributed by atoms with Gasteiger partial charge in [-0.1, -0.05) is 13.3 Å². The molecule has 126 valence electrons. The monoisotopic (exact) mass is 345 g/mol. The number of hydrogen-bond acceptors (Lipinski definition) is 5. The molecule has 8 heteroatoms. The molecule has 1 amide bonds. The van der Waals surface area contributed by atoms with Crippen molar-refractivity contribution in [1.82, 2.24) is 24.9 Å². The average molecular weight is 345 g/mol. The minimum absolute atomic E-state index is 0.0721. The summed E-state index contributed by atoms with van der Waals surface area (Å²) in [6, 6.07) is 1.98. The molecule has 0 unspecified atom stereocenters. The molecule has 3 aromatic rings. The van der Waals surface area contributed by atoms with Crippen LogP contribution < -0.4 is 10.9 Å². The molecule has 0 spiro atoms. The van der Waals surface area contributed by atoms with Gasteiger partial charge in [0.25, 0.3) is 11.5 Å². The predicted molar refractivity (Wildman–Crippen MR) is 92.7 cm³/mol. The summed E-state index contributed by atoms with van der Waals surface area (Å²) < 4.78 is 1.64. The number of thiophene rings is 1. The van der Waals surface area contributed by atoms with Crippen LogP contribution in [0.3, 0.4) is 0 Å². The minimum atomic E-state index is -0.280. The van der Waals surface area contributed by atoms with Crippen LogP contribution in [0.15, 0.2) is 23.3 Å². The topological polar surface area (TPSA) is 92.2 Å². The third-order valence-electron chi connectivity index (χ3n) is 3.81. The second kappa shape index (κ2) is 6.96. The van der Waals surface area contributed by atoms with Crippen LogP contribution in [0.5, 0.6) is 0 Å². The Kier molecular flexibility index (Phi) is 4.75. The Labute approximate surface area is 142 Å². The van der Waals surface area contributed by atoms with Crippen molar-refractivity contribution in [2.45, 2.75) is 33.1 Å². The standard InChI is InChI=1S/C16H19N5O2S/c1-3-4-11-9-12(24-10(11)2)15(22)17-6-5-13-19-20-14-16(23)18-7-8-21(13)14/h7-9H,3-6H2,1-2H3,(H,17,22)(H,18,23). The lowest BCUT2D eigenvalue weighted by molar-refractivity contribution is 0.0958. The normalized spacial score (nSPS) is 11.1. The highest BCUT2D eigenvalue weighted by atomic mass is 32.1. The van der Waals surface area contributed by atoms with Crippen molar-refractivity contribution >= 4 is 22.9 Å². The molecule has 0 bridgehead atoms. The maximum absolute atomic E-state index is 12.3. The summed E-state index contributed by atoms with van der Waals surface area (Å²) >= 11 is 1.52. The molecule has 0 aliphatic heterocycles. The summed E-state index contributed by atoms with van der Waals surface area (Å²) in [7, 11) is 0. The molecule has 0 aliphatic carbocycles. The number of nitrogens with zero attached hydrogens (tertiary/aromatic N) is 3. The van der Waals surface area contributed by atoms with E-state index in [2.05, 4.69) is 27.4 Å². The SMILES string of the molecule is CCCc1cc(C(=O)NCCc2nnc3c(=O)[nH]ccn23)sc1C. The fraction of sp³-hybridized carbons (Fsp3) is 0.375. The van der Waals surface area contributed by atoms with Crippen LogP contribution in [0.25, 0.3) is 5.65 Å². The van der Waals surface area contributed by atoms with Crippen LogP contribution in [-0.2, 0) is 12.8 Å². The van der Waals surface area contributed by atoms with Gasteiger partial charge >= 0.3 is 0 Å². The summed E-state index contributed by atoms with van der Waals surface area (Å²) in [6.45, 7) is 4.61. The van der Waals surface area contributed by atoms with Crippen LogP contribution in [0.1, 0.15) is 39.3 Å². The molecule has 0 aromatic carbocycles. The zero-order valence-electron chi connectivity index (χ0n) is 13.6. The van der Waals surface area contributed by atoms with Gasteiger partial charge in [-0.2, -0.15) is 0 Å². The Bertz CT molecular complexity index is 924. The lowest BCUT2D eigenvalue weighted by Crippen LogP contribution is -2.25. The lowest BCUT2D eigenvalue weighted by atomic mass is 10.1. The van der Waals surface area contributed by atoms with E-state index in [4.69, 9.17) is 0 Å². The fourth-order valence-corrected chi connectivity index (χ4v) is 3.57. The van der Waals surface area contributed by atoms with Crippen molar-refractivity contribution < 1.29 is 4.79 Å². The molecule has 7 nitrogen and oxygen atoms in total. The number of amides is 1. The Morgan fingerprint density at radius 2 is 2.21 bits per heavy atom. The van der Waals surface area contributed by atoms with Gasteiger partial charge in [0.2, 0.25) is 5.65 Å². The van der Waals surface area contributed by atoms with Gasteiger partial charge in [-0.15, -0.1) is 21.5 Å². The van der Waals surface area contributed by atoms with Crippen LogP contribution >= 0.6 is 11.3 Å². The van der Waals surface area contributed by atoms with Crippen LogP contribution in [0, 0.1) is 6.92 Å². The molecule has 3 rings (SSSR count). The highest BCUT2D eigenvalue weighted by molar-refractivity contribution is 7.14. The van der Waals surface area contributed by atoms with E-state index in [1.165, 1.54) is 21.8 Å². The molecule has 0 atom stereocenters. The van der Waals surface area contributed by atoms with E-state index in [0.717, 1.165) is 17.7 Å². The first-order valence-electron chi connectivity index (χ1n) is 7.89. The quantitative estimate of drug-likeness (QED) is 0.711. The number of aromatic nitrogens is 4. The molecule has 0 aliphatic rings. The number of carbonyl (C=O) groups is 1. The molecule has 0 fully saturated rings. The van der Waals surface area contributed by atoms with Gasteiger partial charge in [-0.3, -0.25) is 14.0 Å². The molecular weight excluding hydrogens is 326 g/mol. The summed E-state index contributed by atoms with van der Waals surface area (Å²) in [5, 5.41) is 10.8. The Balaban J connectivity index is 1.63. The molecular formula is C16H19N5O2S. The molecule has 2 N–H and O–H groups in total. The number of rotatable bonds is 6. The van der Waals surface area contributed by atoms with Gasteiger partial charge < -0.3 is 10.3 Å². The maximum Gasteiger partial charge on any atom is 0.293 e. The van der Waals surface area contributed by atoms with Crippen LogP contribution in [0.2, 0.25) is 0 Å². The number of fused-ring (bicyclic) bond motifs is 1. The number of aromatic amines is 1. The first-order valence-corrected chi connectivity index (χ1v) is 8.70. The zero-order chi connectivity index (χ0) is 17.1. The van der Waals surface area contributed by atoms with E-state index in [1.807, 2.05) is 13.0 Å². The molecule has 24 heavy (non-hydrogen) atoms. The fourth-order valence-electron chi connectivity index (χ4n) is 2.58. The first kappa shape index (κ1) is 16.4. The summed E-state index contributed by atoms with van der Waals surface area (Å²) in [5.41, 5.74) is 1.23. The molecule has 3 aromatic heterocycles. The molecule has 0 saturated carbocycles. The lowest BCUT2D eigenvalue weighted by Gasteiger charge is -2.02. The number of hydrogen-bond donors (Lipinski definition) is 2. The predicted octanol–water partition coefficient (Wildman–Crippen LogP) is 1.71. The van der Waals surface area contributed by atoms with Gasteiger partial charge in [0.1, 0.15) is 5.82 Å². The van der Waals surface area contributed by atoms with Crippen molar-refractivity contribution in [3.63, 3.8) is 0 Å². The first-order chi connectivity index (χ1) is 11.6. The second-order valence-corrected chi connectivity index (χ2v) is 6.80. The third kappa shape index (κ3) is 3.23. The molecule has 3 heterocycles. The Morgan fingerprint density at radius 1 is 1.38 bits per heavy atom. The summed E-state index contributed by atoms with van der Waals surface area (Å²) in [6.07, 6.45) is 5.81. The zero-order valence-corrected chi connectivity index (χ0v) is 14.4. The molecule has 0 saturated heterocycles. The van der Waals surface area contributed by atoms with Crippen molar-refractivity contribution in [2.24, 2.45) is 0 Å². The van der Waals surface area contributed by atoms with Crippen molar-refractivity contribution in [2.75, 3.05) is 6.54 Å². The summed E-state index contributed by atoms with van der Waals surface area (Å²) in [4.78, 5) is 28.3. The number of nitrogens with one attached hydrogen (secondary N) is 2. The number of H-pyrrole nitrogens is 1. The smallest absolute Gasteiger partial charge is 0.293 e. The Morgan fingerprint density at radius 3 is 3.00 bits per heavy atom. The molecule has 0 radical (unpaired) electrons. The van der Waals surface area contributed by atoms with Crippen molar-refractivity contribution in [3.05, 3.63) is 50.0 Å². The average Bonchev–Trinajstić information content (AvgIpc) is 3.13.